The van der Waals surface area contributed by atoms with Crippen molar-refractivity contribution in [3.05, 3.63) is 59.5 Å². The van der Waals surface area contributed by atoms with Gasteiger partial charge in [-0.25, -0.2) is 14.8 Å². The Morgan fingerprint density at radius 2 is 2.00 bits per heavy atom. The van der Waals surface area contributed by atoms with Gasteiger partial charge in [0.05, 0.1) is 30.6 Å². The second kappa shape index (κ2) is 10.8. The molecule has 1 aliphatic rings. The summed E-state index contributed by atoms with van der Waals surface area (Å²) in [6.45, 7) is 2.09. The van der Waals surface area contributed by atoms with Crippen LogP contribution in [-0.2, 0) is 22.7 Å². The number of carbonyl (C=O) groups excluding carboxylic acids is 1. The molecule has 34 heavy (non-hydrogen) atoms. The van der Waals surface area contributed by atoms with Gasteiger partial charge in [0.15, 0.2) is 5.76 Å². The fourth-order valence-electron chi connectivity index (χ4n) is 3.87. The van der Waals surface area contributed by atoms with E-state index in [0.717, 1.165) is 18.4 Å². The van der Waals surface area contributed by atoms with E-state index in [1.807, 2.05) is 30.3 Å². The van der Waals surface area contributed by atoms with E-state index in [0.29, 0.717) is 41.4 Å². The van der Waals surface area contributed by atoms with Crippen LogP contribution in [0.25, 0.3) is 11.5 Å². The SMILES string of the molecule is Cc1noc(-c2cnc(OC3CCCC(C(=O)O)C3)cn2)c1CNC(=O)OCc1ccccc1. The number of amides is 1. The normalized spacial score (nSPS) is 17.7. The number of aromatic nitrogens is 3. The molecule has 0 saturated heterocycles. The molecule has 0 spiro atoms. The number of ether oxygens (including phenoxy) is 2. The zero-order valence-corrected chi connectivity index (χ0v) is 18.8. The first-order valence-electron chi connectivity index (χ1n) is 11.1. The number of hydrogen-bond acceptors (Lipinski definition) is 8. The van der Waals surface area contributed by atoms with Gasteiger partial charge in [-0.2, -0.15) is 0 Å². The number of hydrogen-bond donors (Lipinski definition) is 2. The van der Waals surface area contributed by atoms with Gasteiger partial charge < -0.3 is 24.4 Å². The van der Waals surface area contributed by atoms with E-state index in [1.165, 1.54) is 12.4 Å². The molecule has 1 saturated carbocycles. The number of rotatable bonds is 8. The number of carboxylic acids is 1. The van der Waals surface area contributed by atoms with Crippen LogP contribution in [0.2, 0.25) is 0 Å². The summed E-state index contributed by atoms with van der Waals surface area (Å²) in [6, 6.07) is 9.40. The average Bonchev–Trinajstić information content (AvgIpc) is 3.23. The first-order valence-corrected chi connectivity index (χ1v) is 11.1. The smallest absolute Gasteiger partial charge is 0.407 e. The third-order valence-electron chi connectivity index (χ3n) is 5.73. The van der Waals surface area contributed by atoms with Gasteiger partial charge in [0, 0.05) is 5.56 Å². The number of aryl methyl sites for hydroxylation is 1. The molecule has 2 unspecified atom stereocenters. The van der Waals surface area contributed by atoms with Crippen molar-refractivity contribution in [2.24, 2.45) is 5.92 Å². The maximum absolute atomic E-state index is 12.1. The Hall–Kier alpha value is -3.95. The van der Waals surface area contributed by atoms with Crippen LogP contribution in [0.1, 0.15) is 42.5 Å². The molecule has 2 N–H and O–H groups in total. The van der Waals surface area contributed by atoms with Crippen LogP contribution in [0.4, 0.5) is 4.79 Å². The Balaban J connectivity index is 1.34. The summed E-state index contributed by atoms with van der Waals surface area (Å²) in [5.74, 6) is -0.471. The van der Waals surface area contributed by atoms with E-state index in [4.69, 9.17) is 14.0 Å². The molecule has 2 aromatic heterocycles. The molecule has 2 atom stereocenters. The van der Waals surface area contributed by atoms with Gasteiger partial charge in [-0.1, -0.05) is 35.5 Å². The second-order valence-electron chi connectivity index (χ2n) is 8.17. The summed E-state index contributed by atoms with van der Waals surface area (Å²) in [5.41, 5.74) is 2.61. The zero-order chi connectivity index (χ0) is 23.9. The van der Waals surface area contributed by atoms with Gasteiger partial charge in [-0.05, 0) is 38.2 Å². The lowest BCUT2D eigenvalue weighted by molar-refractivity contribution is -0.143. The van der Waals surface area contributed by atoms with Crippen LogP contribution in [0, 0.1) is 12.8 Å². The summed E-state index contributed by atoms with van der Waals surface area (Å²) in [4.78, 5) is 32.0. The van der Waals surface area contributed by atoms with Crippen molar-refractivity contribution in [3.8, 4) is 17.3 Å². The molecular formula is C24H26N4O6. The summed E-state index contributed by atoms with van der Waals surface area (Å²) < 4.78 is 16.5. The molecule has 4 rings (SSSR count). The molecule has 10 heteroatoms. The van der Waals surface area contributed by atoms with Crippen molar-refractivity contribution >= 4 is 12.1 Å². The van der Waals surface area contributed by atoms with E-state index in [9.17, 15) is 14.7 Å². The molecule has 1 fully saturated rings. The summed E-state index contributed by atoms with van der Waals surface area (Å²) >= 11 is 0. The van der Waals surface area contributed by atoms with Crippen molar-refractivity contribution in [1.29, 1.82) is 0 Å². The highest BCUT2D eigenvalue weighted by molar-refractivity contribution is 5.70. The summed E-state index contributed by atoms with van der Waals surface area (Å²) in [5, 5.41) is 15.9. The number of benzene rings is 1. The first-order chi connectivity index (χ1) is 16.5. The number of aliphatic carboxylic acids is 1. The number of alkyl carbamates (subject to hydrolysis) is 1. The van der Waals surface area contributed by atoms with Crippen LogP contribution in [-0.4, -0.2) is 38.4 Å². The van der Waals surface area contributed by atoms with Gasteiger partial charge >= 0.3 is 12.1 Å². The van der Waals surface area contributed by atoms with Crippen molar-refractivity contribution in [2.45, 2.75) is 51.9 Å². The lowest BCUT2D eigenvalue weighted by atomic mass is 9.87. The average molecular weight is 466 g/mol. The highest BCUT2D eigenvalue weighted by Crippen LogP contribution is 2.28. The van der Waals surface area contributed by atoms with Crippen molar-refractivity contribution < 1.29 is 28.7 Å². The van der Waals surface area contributed by atoms with Crippen molar-refractivity contribution in [3.63, 3.8) is 0 Å². The second-order valence-corrected chi connectivity index (χ2v) is 8.17. The van der Waals surface area contributed by atoms with Crippen molar-refractivity contribution in [2.75, 3.05) is 0 Å². The fourth-order valence-corrected chi connectivity index (χ4v) is 3.87. The lowest BCUT2D eigenvalue weighted by Gasteiger charge is -2.26. The fraction of sp³-hybridized carbons (Fsp3) is 0.375. The quantitative estimate of drug-likeness (QED) is 0.506. The van der Waals surface area contributed by atoms with Gasteiger partial charge in [0.2, 0.25) is 5.88 Å². The molecule has 0 bridgehead atoms. The minimum Gasteiger partial charge on any atom is -0.481 e. The number of carbonyl (C=O) groups is 2. The Morgan fingerprint density at radius 1 is 1.18 bits per heavy atom. The minimum absolute atomic E-state index is 0.150. The number of carboxylic acid groups (broad SMARTS) is 1. The topological polar surface area (TPSA) is 137 Å². The predicted molar refractivity (Wildman–Crippen MR) is 120 cm³/mol. The van der Waals surface area contributed by atoms with E-state index in [1.54, 1.807) is 6.92 Å². The van der Waals surface area contributed by atoms with Crippen molar-refractivity contribution in [1.82, 2.24) is 20.4 Å². The number of nitrogens with zero attached hydrogens (tertiary/aromatic N) is 3. The molecule has 0 radical (unpaired) electrons. The molecule has 10 nitrogen and oxygen atoms in total. The van der Waals surface area contributed by atoms with Crippen LogP contribution in [0.5, 0.6) is 5.88 Å². The first kappa shape index (κ1) is 23.2. The van der Waals surface area contributed by atoms with E-state index < -0.39 is 18.0 Å². The van der Waals surface area contributed by atoms with Crippen LogP contribution in [0.3, 0.4) is 0 Å². The molecule has 2 heterocycles. The lowest BCUT2D eigenvalue weighted by Crippen LogP contribution is -2.29. The molecular weight excluding hydrogens is 440 g/mol. The van der Waals surface area contributed by atoms with Gasteiger partial charge in [-0.15, -0.1) is 0 Å². The van der Waals surface area contributed by atoms with Gasteiger partial charge in [-0.3, -0.25) is 4.79 Å². The Morgan fingerprint density at radius 3 is 2.74 bits per heavy atom. The van der Waals surface area contributed by atoms with Gasteiger partial charge in [0.1, 0.15) is 18.4 Å². The van der Waals surface area contributed by atoms with Crippen LogP contribution in [0.15, 0.2) is 47.2 Å². The monoisotopic (exact) mass is 466 g/mol. The van der Waals surface area contributed by atoms with E-state index in [2.05, 4.69) is 20.4 Å². The highest BCUT2D eigenvalue weighted by atomic mass is 16.5. The number of nitrogens with one attached hydrogen (secondary N) is 1. The van der Waals surface area contributed by atoms with E-state index in [-0.39, 0.29) is 19.3 Å². The standard InChI is InChI=1S/C24H26N4O6/c1-15-19(11-27-24(31)32-14-16-6-3-2-4-7-16)22(34-28-15)20-12-26-21(13-25-20)33-18-9-5-8-17(10-18)23(29)30/h2-4,6-7,12-13,17-18H,5,8-11,14H2,1H3,(H,27,31)(H,29,30). The molecule has 1 amide bonds. The Labute approximate surface area is 196 Å². The Kier molecular flexibility index (Phi) is 7.36. The molecule has 1 aliphatic carbocycles. The summed E-state index contributed by atoms with van der Waals surface area (Å²) in [7, 11) is 0. The van der Waals surface area contributed by atoms with Gasteiger partial charge in [0.25, 0.3) is 0 Å². The summed E-state index contributed by atoms with van der Waals surface area (Å²) in [6.07, 6.45) is 4.92. The zero-order valence-electron chi connectivity index (χ0n) is 18.8. The van der Waals surface area contributed by atoms with Crippen LogP contribution >= 0.6 is 0 Å². The maximum Gasteiger partial charge on any atom is 0.407 e. The third kappa shape index (κ3) is 5.89. The maximum atomic E-state index is 12.1. The third-order valence-corrected chi connectivity index (χ3v) is 5.73. The largest absolute Gasteiger partial charge is 0.481 e. The Bertz CT molecular complexity index is 1120. The predicted octanol–water partition coefficient (Wildman–Crippen LogP) is 3.89. The molecule has 0 aliphatic heterocycles. The molecule has 178 valence electrons. The molecule has 1 aromatic carbocycles. The minimum atomic E-state index is -0.791. The molecule has 3 aromatic rings. The van der Waals surface area contributed by atoms with Crippen LogP contribution < -0.4 is 10.1 Å². The van der Waals surface area contributed by atoms with E-state index >= 15 is 0 Å². The highest BCUT2D eigenvalue weighted by Gasteiger charge is 2.28.